The summed E-state index contributed by atoms with van der Waals surface area (Å²) in [7, 11) is 0. The highest BCUT2D eigenvalue weighted by atomic mass is 16.4. The predicted molar refractivity (Wildman–Crippen MR) is 68.6 cm³/mol. The minimum absolute atomic E-state index is 0.0600. The number of carboxylic acids is 1. The second-order valence-electron chi connectivity index (χ2n) is 5.58. The van der Waals surface area contributed by atoms with Crippen LogP contribution in [0.25, 0.3) is 0 Å². The van der Waals surface area contributed by atoms with Crippen molar-refractivity contribution in [3.8, 4) is 0 Å². The van der Waals surface area contributed by atoms with Crippen molar-refractivity contribution in [2.75, 3.05) is 13.1 Å². The molecule has 0 radical (unpaired) electrons. The first-order chi connectivity index (χ1) is 9.06. The standard InChI is InChI=1S/C13H22N2O4/c16-10-6-11(13(18)19)15(7-10)8-12(17)14-9-4-2-1-3-5-9/h9-11,16H,1-8H2,(H,14,17)(H,18,19). The van der Waals surface area contributed by atoms with Gasteiger partial charge < -0.3 is 15.5 Å². The van der Waals surface area contributed by atoms with Gasteiger partial charge in [-0.15, -0.1) is 0 Å². The zero-order valence-corrected chi connectivity index (χ0v) is 11.0. The Bertz CT molecular complexity index is 342. The van der Waals surface area contributed by atoms with Crippen LogP contribution >= 0.6 is 0 Å². The molecule has 2 atom stereocenters. The molecule has 2 rings (SSSR count). The Labute approximate surface area is 112 Å². The predicted octanol–water partition coefficient (Wildman–Crippen LogP) is -0.0449. The van der Waals surface area contributed by atoms with Crippen molar-refractivity contribution >= 4 is 11.9 Å². The summed E-state index contributed by atoms with van der Waals surface area (Å²) in [5.41, 5.74) is 0. The van der Waals surface area contributed by atoms with Crippen LogP contribution in [0.2, 0.25) is 0 Å². The number of nitrogens with zero attached hydrogens (tertiary/aromatic N) is 1. The minimum Gasteiger partial charge on any atom is -0.480 e. The number of nitrogens with one attached hydrogen (secondary N) is 1. The van der Waals surface area contributed by atoms with Crippen molar-refractivity contribution in [2.45, 2.75) is 56.7 Å². The Hall–Kier alpha value is -1.14. The van der Waals surface area contributed by atoms with Crippen molar-refractivity contribution in [2.24, 2.45) is 0 Å². The van der Waals surface area contributed by atoms with Crippen molar-refractivity contribution in [3.05, 3.63) is 0 Å². The molecule has 1 heterocycles. The van der Waals surface area contributed by atoms with Crippen molar-refractivity contribution in [1.29, 1.82) is 0 Å². The lowest BCUT2D eigenvalue weighted by atomic mass is 9.95. The Morgan fingerprint density at radius 1 is 1.21 bits per heavy atom. The van der Waals surface area contributed by atoms with E-state index >= 15 is 0 Å². The molecule has 1 aliphatic heterocycles. The Balaban J connectivity index is 1.82. The van der Waals surface area contributed by atoms with Gasteiger partial charge in [-0.3, -0.25) is 14.5 Å². The van der Waals surface area contributed by atoms with Crippen LogP contribution in [0, 0.1) is 0 Å². The summed E-state index contributed by atoms with van der Waals surface area (Å²) in [6.45, 7) is 0.319. The lowest BCUT2D eigenvalue weighted by Gasteiger charge is -2.25. The van der Waals surface area contributed by atoms with E-state index in [0.717, 1.165) is 25.7 Å². The van der Waals surface area contributed by atoms with Gasteiger partial charge in [0.15, 0.2) is 0 Å². The molecule has 0 aromatic rings. The molecule has 1 amide bonds. The highest BCUT2D eigenvalue weighted by Crippen LogP contribution is 2.19. The molecule has 0 aromatic heterocycles. The van der Waals surface area contributed by atoms with Gasteiger partial charge in [0, 0.05) is 19.0 Å². The number of likely N-dealkylation sites (tertiary alicyclic amines) is 1. The van der Waals surface area contributed by atoms with Crippen LogP contribution in [-0.2, 0) is 9.59 Å². The second kappa shape index (κ2) is 6.34. The smallest absolute Gasteiger partial charge is 0.321 e. The van der Waals surface area contributed by atoms with Gasteiger partial charge in [0.25, 0.3) is 0 Å². The molecule has 1 aliphatic carbocycles. The van der Waals surface area contributed by atoms with E-state index in [1.165, 1.54) is 6.42 Å². The first-order valence-corrected chi connectivity index (χ1v) is 7.00. The van der Waals surface area contributed by atoms with Crippen LogP contribution in [0.4, 0.5) is 0 Å². The monoisotopic (exact) mass is 270 g/mol. The number of β-amino-alcohol motifs (C(OH)–C–C–N with tert-alkyl or cyclic N) is 1. The van der Waals surface area contributed by atoms with Gasteiger partial charge >= 0.3 is 5.97 Å². The fraction of sp³-hybridized carbons (Fsp3) is 0.846. The fourth-order valence-electron chi connectivity index (χ4n) is 3.02. The quantitative estimate of drug-likeness (QED) is 0.666. The molecular weight excluding hydrogens is 248 g/mol. The van der Waals surface area contributed by atoms with Gasteiger partial charge in [-0.05, 0) is 12.8 Å². The molecule has 0 spiro atoms. The summed E-state index contributed by atoms with van der Waals surface area (Å²) < 4.78 is 0. The summed E-state index contributed by atoms with van der Waals surface area (Å²) in [5.74, 6) is -1.10. The molecule has 2 aliphatic rings. The normalized spacial score (nSPS) is 29.3. The number of aliphatic hydroxyl groups is 1. The summed E-state index contributed by atoms with van der Waals surface area (Å²) in [4.78, 5) is 24.5. The van der Waals surface area contributed by atoms with Gasteiger partial charge in [0.1, 0.15) is 6.04 Å². The maximum atomic E-state index is 11.9. The van der Waals surface area contributed by atoms with Crippen LogP contribution in [0.3, 0.4) is 0 Å². The van der Waals surface area contributed by atoms with E-state index in [4.69, 9.17) is 5.11 Å². The third-order valence-electron chi connectivity index (χ3n) is 3.98. The van der Waals surface area contributed by atoms with Gasteiger partial charge in [0.2, 0.25) is 5.91 Å². The molecule has 1 saturated carbocycles. The third kappa shape index (κ3) is 3.91. The number of amides is 1. The average Bonchev–Trinajstić information content (AvgIpc) is 2.71. The molecule has 0 bridgehead atoms. The van der Waals surface area contributed by atoms with Crippen molar-refractivity contribution in [1.82, 2.24) is 10.2 Å². The Morgan fingerprint density at radius 3 is 2.53 bits per heavy atom. The number of carboxylic acid groups (broad SMARTS) is 1. The molecule has 2 fully saturated rings. The number of aliphatic carboxylic acids is 1. The molecule has 0 aromatic carbocycles. The third-order valence-corrected chi connectivity index (χ3v) is 3.98. The number of carbonyl (C=O) groups excluding carboxylic acids is 1. The van der Waals surface area contributed by atoms with Gasteiger partial charge in [-0.1, -0.05) is 19.3 Å². The van der Waals surface area contributed by atoms with E-state index in [9.17, 15) is 14.7 Å². The Morgan fingerprint density at radius 2 is 1.89 bits per heavy atom. The summed E-state index contributed by atoms with van der Waals surface area (Å²) in [6.07, 6.45) is 5.09. The van der Waals surface area contributed by atoms with Gasteiger partial charge in [0.05, 0.1) is 12.6 Å². The van der Waals surface area contributed by atoms with Crippen LogP contribution in [0.15, 0.2) is 0 Å². The molecular formula is C13H22N2O4. The largest absolute Gasteiger partial charge is 0.480 e. The van der Waals surface area contributed by atoms with Crippen LogP contribution in [0.5, 0.6) is 0 Å². The molecule has 1 saturated heterocycles. The van der Waals surface area contributed by atoms with E-state index in [1.807, 2.05) is 0 Å². The topological polar surface area (TPSA) is 89.9 Å². The number of carbonyl (C=O) groups is 2. The highest BCUT2D eigenvalue weighted by Gasteiger charge is 2.36. The van der Waals surface area contributed by atoms with Gasteiger partial charge in [-0.2, -0.15) is 0 Å². The summed E-state index contributed by atoms with van der Waals surface area (Å²) in [6, 6.07) is -0.510. The van der Waals surface area contributed by atoms with Crippen LogP contribution in [0.1, 0.15) is 38.5 Å². The molecule has 6 nitrogen and oxygen atoms in total. The second-order valence-corrected chi connectivity index (χ2v) is 5.58. The molecule has 2 unspecified atom stereocenters. The number of rotatable bonds is 4. The lowest BCUT2D eigenvalue weighted by Crippen LogP contribution is -2.46. The van der Waals surface area contributed by atoms with Gasteiger partial charge in [-0.25, -0.2) is 0 Å². The minimum atomic E-state index is -0.970. The van der Waals surface area contributed by atoms with E-state index in [0.29, 0.717) is 0 Å². The molecule has 6 heteroatoms. The van der Waals surface area contributed by atoms with E-state index in [-0.39, 0.29) is 31.5 Å². The van der Waals surface area contributed by atoms with Crippen LogP contribution < -0.4 is 5.32 Å². The molecule has 3 N–H and O–H groups in total. The van der Waals surface area contributed by atoms with Crippen molar-refractivity contribution < 1.29 is 19.8 Å². The zero-order valence-electron chi connectivity index (χ0n) is 11.0. The zero-order chi connectivity index (χ0) is 13.8. The molecule has 108 valence electrons. The number of hydrogen-bond donors (Lipinski definition) is 3. The van der Waals surface area contributed by atoms with Crippen molar-refractivity contribution in [3.63, 3.8) is 0 Å². The summed E-state index contributed by atoms with van der Waals surface area (Å²) >= 11 is 0. The first kappa shape index (κ1) is 14.3. The maximum absolute atomic E-state index is 11.9. The average molecular weight is 270 g/mol. The van der Waals surface area contributed by atoms with E-state index in [1.54, 1.807) is 4.90 Å². The van der Waals surface area contributed by atoms with E-state index < -0.39 is 18.1 Å². The fourth-order valence-corrected chi connectivity index (χ4v) is 3.02. The maximum Gasteiger partial charge on any atom is 0.321 e. The number of aliphatic hydroxyl groups excluding tert-OH is 1. The number of hydrogen-bond acceptors (Lipinski definition) is 4. The highest BCUT2D eigenvalue weighted by molar-refractivity contribution is 5.80. The van der Waals surface area contributed by atoms with Crippen LogP contribution in [-0.4, -0.2) is 58.3 Å². The van der Waals surface area contributed by atoms with E-state index in [2.05, 4.69) is 5.32 Å². The summed E-state index contributed by atoms with van der Waals surface area (Å²) in [5, 5.41) is 21.5. The SMILES string of the molecule is O=C(CN1CC(O)CC1C(=O)O)NC1CCCCC1. The molecule has 19 heavy (non-hydrogen) atoms. The first-order valence-electron chi connectivity index (χ1n) is 7.00. The Kier molecular flexibility index (Phi) is 4.76. The lowest BCUT2D eigenvalue weighted by molar-refractivity contribution is -0.142.